The van der Waals surface area contributed by atoms with Crippen molar-refractivity contribution in [2.45, 2.75) is 24.4 Å². The summed E-state index contributed by atoms with van der Waals surface area (Å²) in [5.74, 6) is -0.134. The fourth-order valence-electron chi connectivity index (χ4n) is 2.96. The summed E-state index contributed by atoms with van der Waals surface area (Å²) in [5.41, 5.74) is 1.74. The van der Waals surface area contributed by atoms with Crippen LogP contribution in [0.15, 0.2) is 47.5 Å². The monoisotopic (exact) mass is 348 g/mol. The first-order valence-corrected chi connectivity index (χ1v) is 9.21. The third-order valence-corrected chi connectivity index (χ3v) is 5.21. The van der Waals surface area contributed by atoms with E-state index in [1.165, 1.54) is 30.0 Å². The molecule has 1 amide bonds. The van der Waals surface area contributed by atoms with Crippen molar-refractivity contribution in [3.63, 3.8) is 0 Å². The second-order valence-electron chi connectivity index (χ2n) is 5.89. The normalized spacial score (nSPS) is 18.2. The lowest BCUT2D eigenvalue weighted by molar-refractivity contribution is -0.118. The molecule has 1 aliphatic rings. The molecule has 7 nitrogen and oxygen atoms in total. The van der Waals surface area contributed by atoms with Crippen LogP contribution in [0.4, 0.5) is 5.69 Å². The van der Waals surface area contributed by atoms with E-state index in [0.717, 1.165) is 13.1 Å². The second kappa shape index (κ2) is 6.39. The molecule has 0 aliphatic carbocycles. The van der Waals surface area contributed by atoms with Gasteiger partial charge in [-0.3, -0.25) is 9.69 Å². The molecule has 0 spiro atoms. The first kappa shape index (κ1) is 16.7. The van der Waals surface area contributed by atoms with E-state index in [2.05, 4.69) is 34.0 Å². The Kier molecular flexibility index (Phi) is 4.44. The van der Waals surface area contributed by atoms with Gasteiger partial charge in [0, 0.05) is 36.7 Å². The zero-order valence-electron chi connectivity index (χ0n) is 13.3. The molecule has 24 heavy (non-hydrogen) atoms. The number of nitrogens with two attached hydrogens (primary N) is 1. The van der Waals surface area contributed by atoms with E-state index in [4.69, 9.17) is 5.14 Å². The number of anilines is 1. The van der Waals surface area contributed by atoms with Crippen molar-refractivity contribution >= 4 is 21.6 Å². The van der Waals surface area contributed by atoms with Crippen LogP contribution in [0.1, 0.15) is 18.7 Å². The SMILES string of the molecule is C[C@H]1c2cccn2CCN1CC(=O)Nc1ccc(S(N)(=O)=O)cc1. The maximum absolute atomic E-state index is 12.3. The van der Waals surface area contributed by atoms with Gasteiger partial charge in [0.05, 0.1) is 11.4 Å². The number of hydrogen-bond acceptors (Lipinski definition) is 4. The maximum atomic E-state index is 12.3. The van der Waals surface area contributed by atoms with Gasteiger partial charge in [-0.1, -0.05) is 0 Å². The molecule has 3 rings (SSSR count). The highest BCUT2D eigenvalue weighted by molar-refractivity contribution is 7.89. The lowest BCUT2D eigenvalue weighted by atomic mass is 10.1. The molecule has 1 aromatic carbocycles. The highest BCUT2D eigenvalue weighted by Crippen LogP contribution is 2.25. The van der Waals surface area contributed by atoms with Crippen LogP contribution in [0.5, 0.6) is 0 Å². The van der Waals surface area contributed by atoms with E-state index in [1.807, 2.05) is 6.07 Å². The molecule has 1 aliphatic heterocycles. The molecule has 0 radical (unpaired) electrons. The molecule has 3 N–H and O–H groups in total. The smallest absolute Gasteiger partial charge is 0.238 e. The number of amides is 1. The van der Waals surface area contributed by atoms with Crippen LogP contribution in [0.2, 0.25) is 0 Å². The molecule has 1 aromatic heterocycles. The highest BCUT2D eigenvalue weighted by atomic mass is 32.2. The summed E-state index contributed by atoms with van der Waals surface area (Å²) in [4.78, 5) is 14.4. The fourth-order valence-corrected chi connectivity index (χ4v) is 3.47. The van der Waals surface area contributed by atoms with Crippen LogP contribution >= 0.6 is 0 Å². The molecule has 1 atom stereocenters. The summed E-state index contributed by atoms with van der Waals surface area (Å²) in [6, 6.07) is 10.1. The van der Waals surface area contributed by atoms with E-state index in [0.29, 0.717) is 5.69 Å². The number of sulfonamides is 1. The molecule has 0 unspecified atom stereocenters. The zero-order valence-corrected chi connectivity index (χ0v) is 14.2. The highest BCUT2D eigenvalue weighted by Gasteiger charge is 2.25. The fraction of sp³-hybridized carbons (Fsp3) is 0.312. The number of aromatic nitrogens is 1. The number of nitrogens with zero attached hydrogens (tertiary/aromatic N) is 2. The quantitative estimate of drug-likeness (QED) is 0.866. The van der Waals surface area contributed by atoms with Gasteiger partial charge in [0.1, 0.15) is 0 Å². The zero-order chi connectivity index (χ0) is 17.3. The Balaban J connectivity index is 1.62. The molecule has 0 bridgehead atoms. The Morgan fingerprint density at radius 2 is 1.96 bits per heavy atom. The summed E-state index contributed by atoms with van der Waals surface area (Å²) < 4.78 is 24.7. The number of nitrogens with one attached hydrogen (secondary N) is 1. The number of carbonyl (C=O) groups excluding carboxylic acids is 1. The molecule has 2 heterocycles. The predicted octanol–water partition coefficient (Wildman–Crippen LogP) is 1.15. The molecular weight excluding hydrogens is 328 g/mol. The van der Waals surface area contributed by atoms with Crippen molar-refractivity contribution < 1.29 is 13.2 Å². The first-order chi connectivity index (χ1) is 11.3. The average Bonchev–Trinajstić information content (AvgIpc) is 2.99. The lowest BCUT2D eigenvalue weighted by Gasteiger charge is -2.34. The number of hydrogen-bond donors (Lipinski definition) is 2. The largest absolute Gasteiger partial charge is 0.349 e. The number of benzene rings is 1. The van der Waals surface area contributed by atoms with E-state index in [9.17, 15) is 13.2 Å². The number of carbonyl (C=O) groups is 1. The Morgan fingerprint density at radius 1 is 1.25 bits per heavy atom. The summed E-state index contributed by atoms with van der Waals surface area (Å²) in [6.07, 6.45) is 2.05. The van der Waals surface area contributed by atoms with Gasteiger partial charge in [0.25, 0.3) is 0 Å². The maximum Gasteiger partial charge on any atom is 0.238 e. The van der Waals surface area contributed by atoms with Crippen molar-refractivity contribution in [2.75, 3.05) is 18.4 Å². The van der Waals surface area contributed by atoms with Crippen LogP contribution in [0.3, 0.4) is 0 Å². The van der Waals surface area contributed by atoms with E-state index in [1.54, 1.807) is 0 Å². The standard InChI is InChI=1S/C16H20N4O3S/c1-12-15-3-2-8-19(15)9-10-20(12)11-16(21)18-13-4-6-14(7-5-13)24(17,22)23/h2-8,12H,9-11H2,1H3,(H,18,21)(H2,17,22,23)/t12-/m0/s1. The van der Waals surface area contributed by atoms with E-state index < -0.39 is 10.0 Å². The Bertz CT molecular complexity index is 842. The molecule has 0 saturated carbocycles. The third kappa shape index (κ3) is 3.50. The van der Waals surface area contributed by atoms with Gasteiger partial charge in [-0.25, -0.2) is 13.6 Å². The number of rotatable bonds is 4. The first-order valence-electron chi connectivity index (χ1n) is 7.66. The summed E-state index contributed by atoms with van der Waals surface area (Å²) in [6.45, 7) is 4.03. The van der Waals surface area contributed by atoms with Crippen molar-refractivity contribution in [2.24, 2.45) is 5.14 Å². The van der Waals surface area contributed by atoms with Gasteiger partial charge < -0.3 is 9.88 Å². The third-order valence-electron chi connectivity index (χ3n) is 4.28. The minimum Gasteiger partial charge on any atom is -0.349 e. The number of fused-ring (bicyclic) bond motifs is 1. The van der Waals surface area contributed by atoms with Crippen LogP contribution in [-0.2, 0) is 21.4 Å². The van der Waals surface area contributed by atoms with Crippen molar-refractivity contribution in [3.8, 4) is 0 Å². The Morgan fingerprint density at radius 3 is 2.62 bits per heavy atom. The molecule has 0 saturated heterocycles. The molecular formula is C16H20N4O3S. The summed E-state index contributed by atoms with van der Waals surface area (Å²) in [5, 5.41) is 7.84. The number of primary sulfonamides is 1. The van der Waals surface area contributed by atoms with Gasteiger partial charge in [-0.05, 0) is 43.3 Å². The van der Waals surface area contributed by atoms with Gasteiger partial charge in [-0.2, -0.15) is 0 Å². The van der Waals surface area contributed by atoms with Gasteiger partial charge in [0.2, 0.25) is 15.9 Å². The molecule has 2 aromatic rings. The van der Waals surface area contributed by atoms with Gasteiger partial charge >= 0.3 is 0 Å². The average molecular weight is 348 g/mol. The Hall–Kier alpha value is -2.16. The minimum absolute atomic E-state index is 0.0194. The minimum atomic E-state index is -3.72. The Labute approximate surface area is 141 Å². The van der Waals surface area contributed by atoms with Gasteiger partial charge in [0.15, 0.2) is 0 Å². The summed E-state index contributed by atoms with van der Waals surface area (Å²) >= 11 is 0. The summed E-state index contributed by atoms with van der Waals surface area (Å²) in [7, 11) is -3.72. The lowest BCUT2D eigenvalue weighted by Crippen LogP contribution is -2.41. The second-order valence-corrected chi connectivity index (χ2v) is 7.45. The van der Waals surface area contributed by atoms with Crippen molar-refractivity contribution in [3.05, 3.63) is 48.3 Å². The molecule has 8 heteroatoms. The van der Waals surface area contributed by atoms with E-state index >= 15 is 0 Å². The van der Waals surface area contributed by atoms with Crippen molar-refractivity contribution in [1.82, 2.24) is 9.47 Å². The van der Waals surface area contributed by atoms with E-state index in [-0.39, 0.29) is 23.4 Å². The predicted molar refractivity (Wildman–Crippen MR) is 90.9 cm³/mol. The topological polar surface area (TPSA) is 97.4 Å². The van der Waals surface area contributed by atoms with Crippen molar-refractivity contribution in [1.29, 1.82) is 0 Å². The molecule has 0 fully saturated rings. The van der Waals surface area contributed by atoms with Crippen LogP contribution in [0.25, 0.3) is 0 Å². The van der Waals surface area contributed by atoms with Gasteiger partial charge in [-0.15, -0.1) is 0 Å². The van der Waals surface area contributed by atoms with Crippen LogP contribution in [-0.4, -0.2) is 36.9 Å². The van der Waals surface area contributed by atoms with Crippen LogP contribution in [0, 0.1) is 0 Å². The molecule has 128 valence electrons. The van der Waals surface area contributed by atoms with Crippen LogP contribution < -0.4 is 10.5 Å².